The Labute approximate surface area is 101 Å². The molecule has 2 aliphatic rings. The fourth-order valence-corrected chi connectivity index (χ4v) is 3.23. The predicted molar refractivity (Wildman–Crippen MR) is 64.6 cm³/mol. The number of nitrogens with two attached hydrogens (primary N) is 1. The van der Waals surface area contributed by atoms with Crippen molar-refractivity contribution in [1.29, 1.82) is 0 Å². The molecule has 1 aromatic heterocycles. The highest BCUT2D eigenvalue weighted by Crippen LogP contribution is 2.37. The van der Waals surface area contributed by atoms with E-state index in [9.17, 15) is 0 Å². The van der Waals surface area contributed by atoms with Gasteiger partial charge >= 0.3 is 0 Å². The van der Waals surface area contributed by atoms with Gasteiger partial charge in [-0.2, -0.15) is 0 Å². The molecule has 0 bridgehead atoms. The number of aryl methyl sites for hydroxylation is 1. The standard InChI is InChI=1S/C12H20N4O/c1-16-8-14-10-6-9(7-13)15-12(11(10)16)2-4-17-5-3-12/h8-9,15H,2-7,13H2,1H3. The maximum absolute atomic E-state index is 5.83. The molecule has 5 heteroatoms. The molecule has 1 spiro atoms. The van der Waals surface area contributed by atoms with Crippen LogP contribution in [0.2, 0.25) is 0 Å². The van der Waals surface area contributed by atoms with Crippen molar-refractivity contribution in [2.24, 2.45) is 12.8 Å². The molecule has 1 fully saturated rings. The molecule has 0 aliphatic carbocycles. The largest absolute Gasteiger partial charge is 0.381 e. The van der Waals surface area contributed by atoms with Gasteiger partial charge in [0.25, 0.3) is 0 Å². The lowest BCUT2D eigenvalue weighted by Crippen LogP contribution is -2.58. The van der Waals surface area contributed by atoms with Crippen molar-refractivity contribution in [2.75, 3.05) is 19.8 Å². The first kappa shape index (κ1) is 11.2. The number of hydrogen-bond acceptors (Lipinski definition) is 4. The van der Waals surface area contributed by atoms with Gasteiger partial charge in [0, 0.05) is 39.3 Å². The third-order valence-electron chi connectivity index (χ3n) is 4.02. The highest BCUT2D eigenvalue weighted by atomic mass is 16.5. The van der Waals surface area contributed by atoms with Gasteiger partial charge in [0.05, 0.1) is 23.3 Å². The summed E-state index contributed by atoms with van der Waals surface area (Å²) in [4.78, 5) is 4.53. The number of ether oxygens (including phenoxy) is 1. The van der Waals surface area contributed by atoms with Crippen molar-refractivity contribution >= 4 is 0 Å². The Balaban J connectivity index is 2.04. The molecule has 0 aromatic carbocycles. The molecule has 94 valence electrons. The average Bonchev–Trinajstić information content (AvgIpc) is 2.73. The van der Waals surface area contributed by atoms with Crippen LogP contribution in [0.15, 0.2) is 6.33 Å². The summed E-state index contributed by atoms with van der Waals surface area (Å²) in [5.41, 5.74) is 8.41. The van der Waals surface area contributed by atoms with E-state index in [0.717, 1.165) is 32.5 Å². The summed E-state index contributed by atoms with van der Waals surface area (Å²) >= 11 is 0. The maximum atomic E-state index is 5.83. The monoisotopic (exact) mass is 236 g/mol. The lowest BCUT2D eigenvalue weighted by atomic mass is 9.80. The van der Waals surface area contributed by atoms with E-state index >= 15 is 0 Å². The van der Waals surface area contributed by atoms with Crippen LogP contribution in [-0.2, 0) is 23.7 Å². The summed E-state index contributed by atoms with van der Waals surface area (Å²) in [7, 11) is 2.08. The second kappa shape index (κ2) is 4.08. The lowest BCUT2D eigenvalue weighted by molar-refractivity contribution is 0.0247. The summed E-state index contributed by atoms with van der Waals surface area (Å²) in [6.45, 7) is 2.29. The van der Waals surface area contributed by atoms with Crippen LogP contribution in [0.4, 0.5) is 0 Å². The van der Waals surface area contributed by atoms with Gasteiger partial charge in [0.2, 0.25) is 0 Å². The fourth-order valence-electron chi connectivity index (χ4n) is 3.23. The minimum absolute atomic E-state index is 0.0289. The Bertz CT molecular complexity index is 409. The highest BCUT2D eigenvalue weighted by Gasteiger charge is 2.43. The first-order valence-corrected chi connectivity index (χ1v) is 6.31. The zero-order chi connectivity index (χ0) is 11.9. The van der Waals surface area contributed by atoms with Crippen molar-refractivity contribution in [3.8, 4) is 0 Å². The second-order valence-corrected chi connectivity index (χ2v) is 5.13. The topological polar surface area (TPSA) is 65.1 Å². The highest BCUT2D eigenvalue weighted by molar-refractivity contribution is 5.28. The molecule has 0 radical (unpaired) electrons. The van der Waals surface area contributed by atoms with Gasteiger partial charge in [-0.15, -0.1) is 0 Å². The van der Waals surface area contributed by atoms with E-state index in [1.165, 1.54) is 11.4 Å². The van der Waals surface area contributed by atoms with E-state index in [4.69, 9.17) is 10.5 Å². The van der Waals surface area contributed by atoms with E-state index in [2.05, 4.69) is 21.9 Å². The Morgan fingerprint density at radius 2 is 2.35 bits per heavy atom. The lowest BCUT2D eigenvalue weighted by Gasteiger charge is -2.44. The van der Waals surface area contributed by atoms with Crippen molar-refractivity contribution < 1.29 is 4.74 Å². The molecule has 3 heterocycles. The average molecular weight is 236 g/mol. The molecule has 1 saturated heterocycles. The second-order valence-electron chi connectivity index (χ2n) is 5.13. The van der Waals surface area contributed by atoms with Crippen molar-refractivity contribution in [1.82, 2.24) is 14.9 Å². The minimum Gasteiger partial charge on any atom is -0.381 e. The van der Waals surface area contributed by atoms with Gasteiger partial charge < -0.3 is 20.4 Å². The molecule has 17 heavy (non-hydrogen) atoms. The van der Waals surface area contributed by atoms with Crippen LogP contribution in [0, 0.1) is 0 Å². The zero-order valence-corrected chi connectivity index (χ0v) is 10.3. The number of nitrogens with zero attached hydrogens (tertiary/aromatic N) is 2. The third-order valence-corrected chi connectivity index (χ3v) is 4.02. The zero-order valence-electron chi connectivity index (χ0n) is 10.3. The first-order valence-electron chi connectivity index (χ1n) is 6.31. The summed E-state index contributed by atoms with van der Waals surface area (Å²) < 4.78 is 7.65. The smallest absolute Gasteiger partial charge is 0.0949 e. The third kappa shape index (κ3) is 1.69. The Morgan fingerprint density at radius 1 is 1.59 bits per heavy atom. The van der Waals surface area contributed by atoms with Crippen molar-refractivity contribution in [3.63, 3.8) is 0 Å². The normalized spacial score (nSPS) is 27.1. The van der Waals surface area contributed by atoms with Crippen LogP contribution in [-0.4, -0.2) is 35.4 Å². The first-order chi connectivity index (χ1) is 8.25. The number of rotatable bonds is 1. The van der Waals surface area contributed by atoms with Crippen molar-refractivity contribution in [2.45, 2.75) is 30.8 Å². The minimum atomic E-state index is 0.0289. The molecule has 5 nitrogen and oxygen atoms in total. The molecule has 0 saturated carbocycles. The van der Waals surface area contributed by atoms with Gasteiger partial charge in [-0.05, 0) is 12.8 Å². The van der Waals surface area contributed by atoms with Gasteiger partial charge in [-0.25, -0.2) is 4.98 Å². The van der Waals surface area contributed by atoms with E-state index in [-0.39, 0.29) is 5.54 Å². The quantitative estimate of drug-likeness (QED) is 0.714. The molecule has 2 aliphatic heterocycles. The number of imidazole rings is 1. The maximum Gasteiger partial charge on any atom is 0.0949 e. The number of nitrogens with one attached hydrogen (secondary N) is 1. The van der Waals surface area contributed by atoms with E-state index in [1.54, 1.807) is 0 Å². The van der Waals surface area contributed by atoms with Crippen LogP contribution in [0.3, 0.4) is 0 Å². The molecule has 0 amide bonds. The molecular formula is C12H20N4O. The Kier molecular flexibility index (Phi) is 2.69. The Morgan fingerprint density at radius 3 is 3.06 bits per heavy atom. The van der Waals surface area contributed by atoms with E-state index in [0.29, 0.717) is 12.6 Å². The van der Waals surface area contributed by atoms with Gasteiger partial charge in [-0.1, -0.05) is 0 Å². The molecule has 1 aromatic rings. The number of hydrogen-bond donors (Lipinski definition) is 2. The molecule has 1 unspecified atom stereocenters. The van der Waals surface area contributed by atoms with Gasteiger partial charge in [0.15, 0.2) is 0 Å². The van der Waals surface area contributed by atoms with Crippen LogP contribution < -0.4 is 11.1 Å². The number of aromatic nitrogens is 2. The van der Waals surface area contributed by atoms with Crippen LogP contribution in [0.25, 0.3) is 0 Å². The summed E-state index contributed by atoms with van der Waals surface area (Å²) in [5.74, 6) is 0. The van der Waals surface area contributed by atoms with Crippen LogP contribution in [0.5, 0.6) is 0 Å². The number of fused-ring (bicyclic) bond motifs is 2. The van der Waals surface area contributed by atoms with E-state index in [1.807, 2.05) is 6.33 Å². The fraction of sp³-hybridized carbons (Fsp3) is 0.750. The molecular weight excluding hydrogens is 216 g/mol. The molecule has 3 N–H and O–H groups in total. The summed E-state index contributed by atoms with van der Waals surface area (Å²) in [5, 5.41) is 3.74. The predicted octanol–water partition coefficient (Wildman–Crippen LogP) is -0.101. The van der Waals surface area contributed by atoms with Crippen molar-refractivity contribution in [3.05, 3.63) is 17.7 Å². The van der Waals surface area contributed by atoms with Crippen LogP contribution in [0.1, 0.15) is 24.2 Å². The van der Waals surface area contributed by atoms with Crippen LogP contribution >= 0.6 is 0 Å². The van der Waals surface area contributed by atoms with E-state index < -0.39 is 0 Å². The summed E-state index contributed by atoms with van der Waals surface area (Å²) in [6, 6.07) is 0.343. The molecule has 1 atom stereocenters. The summed E-state index contributed by atoms with van der Waals surface area (Å²) in [6.07, 6.45) is 4.88. The van der Waals surface area contributed by atoms with Gasteiger partial charge in [-0.3, -0.25) is 0 Å². The van der Waals surface area contributed by atoms with Gasteiger partial charge in [0.1, 0.15) is 0 Å². The SMILES string of the molecule is Cn1cnc2c1C1(CCOCC1)NC(CN)C2. The molecule has 3 rings (SSSR count). The Hall–Kier alpha value is -0.910.